The van der Waals surface area contributed by atoms with Crippen LogP contribution < -0.4 is 5.32 Å². The predicted octanol–water partition coefficient (Wildman–Crippen LogP) is 2.01. The summed E-state index contributed by atoms with van der Waals surface area (Å²) < 4.78 is 12.0. The van der Waals surface area contributed by atoms with E-state index in [4.69, 9.17) is 9.26 Å². The van der Waals surface area contributed by atoms with Crippen molar-refractivity contribution >= 4 is 23.5 Å². The first-order chi connectivity index (χ1) is 12.7. The molecule has 136 valence electrons. The first kappa shape index (κ1) is 18.1. The van der Waals surface area contributed by atoms with Crippen molar-refractivity contribution in [1.29, 1.82) is 0 Å². The molecular weight excluding hydrogens is 356 g/mol. The van der Waals surface area contributed by atoms with Gasteiger partial charge in [0.25, 0.3) is 0 Å². The van der Waals surface area contributed by atoms with Gasteiger partial charge in [0.05, 0.1) is 18.9 Å². The first-order valence-corrected chi connectivity index (χ1v) is 8.84. The van der Waals surface area contributed by atoms with Crippen LogP contribution in [0.2, 0.25) is 0 Å². The number of hydrogen-bond acceptors (Lipinski definition) is 8. The number of rotatable bonds is 8. The van der Waals surface area contributed by atoms with Crippen LogP contribution in [-0.4, -0.2) is 50.3 Å². The number of carbonyl (C=O) groups excluding carboxylic acids is 1. The van der Waals surface area contributed by atoms with Crippen LogP contribution in [0.15, 0.2) is 40.3 Å². The van der Waals surface area contributed by atoms with Crippen LogP contribution in [0.25, 0.3) is 11.4 Å². The molecule has 0 saturated carbocycles. The Morgan fingerprint density at radius 3 is 2.85 bits per heavy atom. The zero-order valence-electron chi connectivity index (χ0n) is 14.4. The highest BCUT2D eigenvalue weighted by Crippen LogP contribution is 2.23. The Bertz CT molecular complexity index is 864. The number of carbonyl (C=O) groups is 1. The highest BCUT2D eigenvalue weighted by Gasteiger charge is 2.16. The molecule has 9 nitrogen and oxygen atoms in total. The SMILES string of the molecule is COCCn1c(SCC(=O)Nc2cc(C)on2)nnc1-c1ccncc1. The molecule has 0 fully saturated rings. The van der Waals surface area contributed by atoms with Crippen LogP contribution in [0.3, 0.4) is 0 Å². The van der Waals surface area contributed by atoms with Gasteiger partial charge in [-0.05, 0) is 19.1 Å². The van der Waals surface area contributed by atoms with Crippen molar-refractivity contribution < 1.29 is 14.1 Å². The number of aromatic nitrogens is 5. The van der Waals surface area contributed by atoms with E-state index < -0.39 is 0 Å². The summed E-state index contributed by atoms with van der Waals surface area (Å²) in [7, 11) is 1.64. The lowest BCUT2D eigenvalue weighted by atomic mass is 10.2. The van der Waals surface area contributed by atoms with Gasteiger partial charge in [0.2, 0.25) is 5.91 Å². The largest absolute Gasteiger partial charge is 0.383 e. The van der Waals surface area contributed by atoms with E-state index in [9.17, 15) is 4.79 Å². The van der Waals surface area contributed by atoms with Crippen LogP contribution in [0.4, 0.5) is 5.82 Å². The van der Waals surface area contributed by atoms with Crippen molar-refractivity contribution in [3.63, 3.8) is 0 Å². The van der Waals surface area contributed by atoms with Crippen LogP contribution in [0.1, 0.15) is 5.76 Å². The van der Waals surface area contributed by atoms with E-state index in [1.807, 2.05) is 16.7 Å². The molecule has 10 heteroatoms. The number of ether oxygens (including phenoxy) is 1. The van der Waals surface area contributed by atoms with Gasteiger partial charge in [-0.3, -0.25) is 14.3 Å². The summed E-state index contributed by atoms with van der Waals surface area (Å²) in [6.45, 7) is 2.85. The van der Waals surface area contributed by atoms with E-state index in [1.54, 1.807) is 32.5 Å². The van der Waals surface area contributed by atoms with Gasteiger partial charge in [-0.25, -0.2) is 0 Å². The molecule has 0 unspecified atom stereocenters. The molecular formula is C16H18N6O3S. The molecule has 3 aromatic rings. The smallest absolute Gasteiger partial charge is 0.236 e. The van der Waals surface area contributed by atoms with E-state index >= 15 is 0 Å². The van der Waals surface area contributed by atoms with Crippen molar-refractivity contribution in [1.82, 2.24) is 24.9 Å². The Kier molecular flexibility index (Phi) is 5.97. The lowest BCUT2D eigenvalue weighted by Gasteiger charge is -2.09. The maximum Gasteiger partial charge on any atom is 0.236 e. The third kappa shape index (κ3) is 4.46. The molecule has 0 aliphatic rings. The highest BCUT2D eigenvalue weighted by molar-refractivity contribution is 7.99. The summed E-state index contributed by atoms with van der Waals surface area (Å²) in [5.74, 6) is 1.71. The van der Waals surface area contributed by atoms with Crippen LogP contribution in [0, 0.1) is 6.92 Å². The molecule has 1 N–H and O–H groups in total. The summed E-state index contributed by atoms with van der Waals surface area (Å²) >= 11 is 1.29. The van der Waals surface area contributed by atoms with Gasteiger partial charge < -0.3 is 14.6 Å². The van der Waals surface area contributed by atoms with E-state index in [2.05, 4.69) is 25.7 Å². The predicted molar refractivity (Wildman–Crippen MR) is 95.7 cm³/mol. The topological polar surface area (TPSA) is 108 Å². The Morgan fingerprint density at radius 2 is 2.15 bits per heavy atom. The van der Waals surface area contributed by atoms with Crippen molar-refractivity contribution in [3.8, 4) is 11.4 Å². The number of hydrogen-bond donors (Lipinski definition) is 1. The minimum absolute atomic E-state index is 0.174. The normalized spacial score (nSPS) is 10.8. The Morgan fingerprint density at radius 1 is 1.35 bits per heavy atom. The van der Waals surface area contributed by atoms with Gasteiger partial charge in [0.15, 0.2) is 16.8 Å². The number of thioether (sulfide) groups is 1. The fraction of sp³-hybridized carbons (Fsp3) is 0.312. The summed E-state index contributed by atoms with van der Waals surface area (Å²) in [6, 6.07) is 5.38. The number of aryl methyl sites for hydroxylation is 1. The van der Waals surface area contributed by atoms with E-state index in [-0.39, 0.29) is 11.7 Å². The lowest BCUT2D eigenvalue weighted by molar-refractivity contribution is -0.113. The molecule has 3 aromatic heterocycles. The number of anilines is 1. The second kappa shape index (κ2) is 8.59. The molecule has 1 amide bonds. The van der Waals surface area contributed by atoms with Gasteiger partial charge in [-0.2, -0.15) is 0 Å². The van der Waals surface area contributed by atoms with Crippen molar-refractivity contribution in [2.24, 2.45) is 0 Å². The van der Waals surface area contributed by atoms with Gasteiger partial charge in [-0.1, -0.05) is 16.9 Å². The zero-order valence-corrected chi connectivity index (χ0v) is 15.2. The number of pyridine rings is 1. The van der Waals surface area contributed by atoms with E-state index in [1.165, 1.54) is 11.8 Å². The molecule has 0 atom stereocenters. The molecule has 0 bridgehead atoms. The first-order valence-electron chi connectivity index (χ1n) is 7.86. The average Bonchev–Trinajstić information content (AvgIpc) is 3.24. The van der Waals surface area contributed by atoms with E-state index in [0.717, 1.165) is 5.56 Å². The van der Waals surface area contributed by atoms with E-state index in [0.29, 0.717) is 35.7 Å². The van der Waals surface area contributed by atoms with Crippen LogP contribution >= 0.6 is 11.8 Å². The van der Waals surface area contributed by atoms with Gasteiger partial charge >= 0.3 is 0 Å². The third-order valence-corrected chi connectivity index (χ3v) is 4.37. The van der Waals surface area contributed by atoms with Crippen LogP contribution in [-0.2, 0) is 16.1 Å². The summed E-state index contributed by atoms with van der Waals surface area (Å²) in [4.78, 5) is 16.1. The third-order valence-electron chi connectivity index (χ3n) is 3.40. The van der Waals surface area contributed by atoms with Crippen molar-refractivity contribution in [2.45, 2.75) is 18.6 Å². The molecule has 3 rings (SSSR count). The Hall–Kier alpha value is -2.72. The van der Waals surface area contributed by atoms with Gasteiger partial charge in [0.1, 0.15) is 5.76 Å². The number of nitrogens with zero attached hydrogens (tertiary/aromatic N) is 5. The molecule has 3 heterocycles. The standard InChI is InChI=1S/C16H18N6O3S/c1-11-9-13(21-25-11)18-14(23)10-26-16-20-19-15(22(16)7-8-24-2)12-3-5-17-6-4-12/h3-6,9H,7-8,10H2,1-2H3,(H,18,21,23). The number of methoxy groups -OCH3 is 1. The number of nitrogens with one attached hydrogen (secondary N) is 1. The van der Waals surface area contributed by atoms with Gasteiger partial charge in [0, 0.05) is 31.1 Å². The fourth-order valence-corrected chi connectivity index (χ4v) is 2.99. The minimum atomic E-state index is -0.199. The Labute approximate surface area is 154 Å². The monoisotopic (exact) mass is 374 g/mol. The molecule has 0 radical (unpaired) electrons. The number of amides is 1. The molecule has 0 aromatic carbocycles. The van der Waals surface area contributed by atoms with Gasteiger partial charge in [-0.15, -0.1) is 10.2 Å². The molecule has 0 aliphatic carbocycles. The average molecular weight is 374 g/mol. The summed E-state index contributed by atoms with van der Waals surface area (Å²) in [6.07, 6.45) is 3.40. The molecule has 0 saturated heterocycles. The second-order valence-corrected chi connectivity index (χ2v) is 6.29. The summed E-state index contributed by atoms with van der Waals surface area (Å²) in [5, 5.41) is 15.5. The highest BCUT2D eigenvalue weighted by atomic mass is 32.2. The van der Waals surface area contributed by atoms with Crippen molar-refractivity contribution in [3.05, 3.63) is 36.4 Å². The minimum Gasteiger partial charge on any atom is -0.383 e. The molecule has 0 aliphatic heterocycles. The van der Waals surface area contributed by atoms with Crippen LogP contribution in [0.5, 0.6) is 0 Å². The second-order valence-electron chi connectivity index (χ2n) is 5.35. The summed E-state index contributed by atoms with van der Waals surface area (Å²) in [5.41, 5.74) is 0.901. The zero-order chi connectivity index (χ0) is 18.4. The molecule has 0 spiro atoms. The maximum atomic E-state index is 12.1. The Balaban J connectivity index is 1.70. The van der Waals surface area contributed by atoms with Crippen molar-refractivity contribution in [2.75, 3.05) is 24.8 Å². The molecule has 26 heavy (non-hydrogen) atoms. The lowest BCUT2D eigenvalue weighted by Crippen LogP contribution is -2.15. The quantitative estimate of drug-likeness (QED) is 0.597. The fourth-order valence-electron chi connectivity index (χ4n) is 2.23. The maximum absolute atomic E-state index is 12.1.